The van der Waals surface area contributed by atoms with Crippen LogP contribution in [0, 0.1) is 0 Å². The highest BCUT2D eigenvalue weighted by Crippen LogP contribution is 2.11. The molecule has 0 heterocycles. The minimum Gasteiger partial charge on any atom is -0.463 e. The SMILES string of the molecule is CCCC(C)OC(=O)CCCCC/C=C/CCCCCCCC(=O)OC(C)CCC. The summed E-state index contributed by atoms with van der Waals surface area (Å²) in [5, 5.41) is 0. The number of carbonyl (C=O) groups excluding carboxylic acids is 2. The van der Waals surface area contributed by atoms with Crippen LogP contribution in [0.1, 0.15) is 130 Å². The smallest absolute Gasteiger partial charge is 0.306 e. The second-order valence-corrected chi connectivity index (χ2v) is 8.56. The van der Waals surface area contributed by atoms with Gasteiger partial charge in [-0.15, -0.1) is 0 Å². The van der Waals surface area contributed by atoms with Crippen molar-refractivity contribution in [1.82, 2.24) is 0 Å². The second kappa shape index (κ2) is 20.9. The molecule has 176 valence electrons. The Bertz CT molecular complexity index is 444. The van der Waals surface area contributed by atoms with Gasteiger partial charge in [-0.2, -0.15) is 0 Å². The van der Waals surface area contributed by atoms with Crippen molar-refractivity contribution in [3.63, 3.8) is 0 Å². The highest BCUT2D eigenvalue weighted by Gasteiger charge is 2.08. The number of allylic oxidation sites excluding steroid dienone is 2. The van der Waals surface area contributed by atoms with Crippen LogP contribution in [0.15, 0.2) is 12.2 Å². The zero-order valence-electron chi connectivity index (χ0n) is 20.3. The van der Waals surface area contributed by atoms with E-state index >= 15 is 0 Å². The molecule has 4 nitrogen and oxygen atoms in total. The van der Waals surface area contributed by atoms with E-state index in [1.165, 1.54) is 19.3 Å². The van der Waals surface area contributed by atoms with Gasteiger partial charge in [0.1, 0.15) is 0 Å². The molecule has 4 heteroatoms. The molecule has 0 aromatic heterocycles. The number of hydrogen-bond donors (Lipinski definition) is 0. The Balaban J connectivity index is 3.38. The van der Waals surface area contributed by atoms with Crippen LogP contribution in [-0.4, -0.2) is 24.1 Å². The van der Waals surface area contributed by atoms with E-state index in [1.54, 1.807) is 0 Å². The molecule has 0 rings (SSSR count). The van der Waals surface area contributed by atoms with E-state index in [9.17, 15) is 9.59 Å². The van der Waals surface area contributed by atoms with Gasteiger partial charge in [0.15, 0.2) is 0 Å². The number of ether oxygens (including phenoxy) is 2. The summed E-state index contributed by atoms with van der Waals surface area (Å²) in [4.78, 5) is 23.3. The van der Waals surface area contributed by atoms with E-state index < -0.39 is 0 Å². The summed E-state index contributed by atoms with van der Waals surface area (Å²) in [6, 6.07) is 0. The van der Waals surface area contributed by atoms with Gasteiger partial charge >= 0.3 is 11.9 Å². The first-order chi connectivity index (χ1) is 14.5. The van der Waals surface area contributed by atoms with Crippen LogP contribution in [0.3, 0.4) is 0 Å². The molecule has 0 aliphatic heterocycles. The van der Waals surface area contributed by atoms with Crippen molar-refractivity contribution < 1.29 is 19.1 Å². The average Bonchev–Trinajstić information content (AvgIpc) is 2.68. The maximum absolute atomic E-state index is 11.7. The van der Waals surface area contributed by atoms with E-state index in [1.807, 2.05) is 13.8 Å². The lowest BCUT2D eigenvalue weighted by Gasteiger charge is -2.11. The Hall–Kier alpha value is -1.32. The Labute approximate surface area is 186 Å². The quantitative estimate of drug-likeness (QED) is 0.114. The van der Waals surface area contributed by atoms with E-state index in [0.717, 1.165) is 70.6 Å². The van der Waals surface area contributed by atoms with Gasteiger partial charge in [-0.1, -0.05) is 64.5 Å². The molecule has 0 aromatic rings. The first-order valence-corrected chi connectivity index (χ1v) is 12.5. The average molecular weight is 425 g/mol. The number of esters is 2. The summed E-state index contributed by atoms with van der Waals surface area (Å²) < 4.78 is 10.7. The molecule has 0 N–H and O–H groups in total. The molecule has 0 saturated carbocycles. The number of carbonyl (C=O) groups is 2. The minimum absolute atomic E-state index is 0.0400. The van der Waals surface area contributed by atoms with Gasteiger partial charge in [-0.05, 0) is 65.2 Å². The first kappa shape index (κ1) is 28.7. The Morgan fingerprint density at radius 2 is 1.00 bits per heavy atom. The van der Waals surface area contributed by atoms with Gasteiger partial charge < -0.3 is 9.47 Å². The van der Waals surface area contributed by atoms with Crippen LogP contribution >= 0.6 is 0 Å². The molecular weight excluding hydrogens is 376 g/mol. The van der Waals surface area contributed by atoms with Crippen molar-refractivity contribution in [1.29, 1.82) is 0 Å². The summed E-state index contributed by atoms with van der Waals surface area (Å²) >= 11 is 0. The number of hydrogen-bond acceptors (Lipinski definition) is 4. The van der Waals surface area contributed by atoms with Crippen LogP contribution in [-0.2, 0) is 19.1 Å². The summed E-state index contributed by atoms with van der Waals surface area (Å²) in [6.45, 7) is 8.16. The van der Waals surface area contributed by atoms with E-state index in [-0.39, 0.29) is 24.1 Å². The molecule has 2 unspecified atom stereocenters. The van der Waals surface area contributed by atoms with Crippen molar-refractivity contribution in [2.24, 2.45) is 0 Å². The molecular formula is C26H48O4. The van der Waals surface area contributed by atoms with Crippen LogP contribution in [0.4, 0.5) is 0 Å². The monoisotopic (exact) mass is 424 g/mol. The molecule has 0 amide bonds. The van der Waals surface area contributed by atoms with E-state index in [4.69, 9.17) is 9.47 Å². The molecule has 0 aliphatic rings. The lowest BCUT2D eigenvalue weighted by molar-refractivity contribution is -0.149. The van der Waals surface area contributed by atoms with Crippen molar-refractivity contribution in [2.45, 2.75) is 143 Å². The standard InChI is InChI=1S/C26H48O4/c1-5-19-23(3)29-25(27)21-17-15-13-11-9-7-8-10-12-14-16-18-22-26(28)30-24(4)20-6-2/h7,9,23-24H,5-6,8,10-22H2,1-4H3/b9-7+. The molecule has 0 aromatic carbocycles. The third kappa shape index (κ3) is 20.0. The van der Waals surface area contributed by atoms with Crippen molar-refractivity contribution in [3.05, 3.63) is 12.2 Å². The van der Waals surface area contributed by atoms with Crippen LogP contribution < -0.4 is 0 Å². The molecule has 0 fully saturated rings. The van der Waals surface area contributed by atoms with Crippen LogP contribution in [0.25, 0.3) is 0 Å². The fourth-order valence-electron chi connectivity index (χ4n) is 3.50. The van der Waals surface area contributed by atoms with Gasteiger partial charge in [0.25, 0.3) is 0 Å². The van der Waals surface area contributed by atoms with Crippen molar-refractivity contribution in [2.75, 3.05) is 0 Å². The van der Waals surface area contributed by atoms with Gasteiger partial charge in [-0.3, -0.25) is 9.59 Å². The Morgan fingerprint density at radius 3 is 1.43 bits per heavy atom. The lowest BCUT2D eigenvalue weighted by Crippen LogP contribution is -2.14. The summed E-state index contributed by atoms with van der Waals surface area (Å²) in [5.74, 6) is -0.0868. The maximum Gasteiger partial charge on any atom is 0.306 e. The normalized spacial score (nSPS) is 13.3. The largest absolute Gasteiger partial charge is 0.463 e. The summed E-state index contributed by atoms with van der Waals surface area (Å²) in [5.41, 5.74) is 0. The second-order valence-electron chi connectivity index (χ2n) is 8.56. The fraction of sp³-hybridized carbons (Fsp3) is 0.846. The predicted octanol–water partition coefficient (Wildman–Crippen LogP) is 7.69. The van der Waals surface area contributed by atoms with E-state index in [0.29, 0.717) is 12.8 Å². The zero-order valence-corrected chi connectivity index (χ0v) is 20.3. The Morgan fingerprint density at radius 1 is 0.633 bits per heavy atom. The lowest BCUT2D eigenvalue weighted by atomic mass is 10.1. The van der Waals surface area contributed by atoms with E-state index in [2.05, 4.69) is 26.0 Å². The van der Waals surface area contributed by atoms with Gasteiger partial charge in [0, 0.05) is 12.8 Å². The van der Waals surface area contributed by atoms with Crippen molar-refractivity contribution >= 4 is 11.9 Å². The molecule has 0 aliphatic carbocycles. The van der Waals surface area contributed by atoms with Crippen LogP contribution in [0.2, 0.25) is 0 Å². The van der Waals surface area contributed by atoms with Crippen LogP contribution in [0.5, 0.6) is 0 Å². The number of rotatable bonds is 20. The topological polar surface area (TPSA) is 52.6 Å². The van der Waals surface area contributed by atoms with Gasteiger partial charge in [0.2, 0.25) is 0 Å². The number of unbranched alkanes of at least 4 members (excludes halogenated alkanes) is 8. The maximum atomic E-state index is 11.7. The molecule has 0 radical (unpaired) electrons. The summed E-state index contributed by atoms with van der Waals surface area (Å²) in [6.07, 6.45) is 20.9. The zero-order chi connectivity index (χ0) is 22.5. The highest BCUT2D eigenvalue weighted by molar-refractivity contribution is 5.69. The molecule has 2 atom stereocenters. The summed E-state index contributed by atoms with van der Waals surface area (Å²) in [7, 11) is 0. The van der Waals surface area contributed by atoms with Crippen molar-refractivity contribution in [3.8, 4) is 0 Å². The molecule has 0 saturated heterocycles. The third-order valence-electron chi connectivity index (χ3n) is 5.23. The first-order valence-electron chi connectivity index (χ1n) is 12.5. The third-order valence-corrected chi connectivity index (χ3v) is 5.23. The molecule has 0 bridgehead atoms. The minimum atomic E-state index is -0.0468. The highest BCUT2D eigenvalue weighted by atomic mass is 16.5. The predicted molar refractivity (Wildman–Crippen MR) is 125 cm³/mol. The molecule has 0 spiro atoms. The Kier molecular flexibility index (Phi) is 20.0. The van der Waals surface area contributed by atoms with Gasteiger partial charge in [-0.25, -0.2) is 0 Å². The fourth-order valence-corrected chi connectivity index (χ4v) is 3.50. The van der Waals surface area contributed by atoms with Gasteiger partial charge in [0.05, 0.1) is 12.2 Å². The molecule has 30 heavy (non-hydrogen) atoms.